The molecule has 4 nitrogen and oxygen atoms in total. The van der Waals surface area contributed by atoms with Crippen molar-refractivity contribution >= 4 is 33.4 Å². The zero-order valence-corrected chi connectivity index (χ0v) is 15.3. The van der Waals surface area contributed by atoms with Crippen molar-refractivity contribution in [1.29, 1.82) is 0 Å². The predicted octanol–water partition coefficient (Wildman–Crippen LogP) is 4.51. The third kappa shape index (κ3) is 4.42. The Hall–Kier alpha value is -1.72. The van der Waals surface area contributed by atoms with Gasteiger partial charge in [-0.3, -0.25) is 4.79 Å². The summed E-state index contributed by atoms with van der Waals surface area (Å²) in [5.74, 6) is 1.49. The van der Waals surface area contributed by atoms with E-state index in [1.54, 1.807) is 24.3 Å². The van der Waals surface area contributed by atoms with Crippen LogP contribution in [0.4, 0.5) is 0 Å². The number of hydrogen-bond donors (Lipinski definition) is 1. The van der Waals surface area contributed by atoms with Gasteiger partial charge in [-0.25, -0.2) is 0 Å². The SMILES string of the molecule is O=C(CCOc1ccc(Cl)cc1)NC1CCOc2ccc(Br)cc21. The molecule has 1 amide bonds. The second-order valence-corrected chi connectivity index (χ2v) is 6.84. The summed E-state index contributed by atoms with van der Waals surface area (Å²) in [6, 6.07) is 12.9. The van der Waals surface area contributed by atoms with Crippen LogP contribution in [0.25, 0.3) is 0 Å². The van der Waals surface area contributed by atoms with Crippen LogP contribution in [0.2, 0.25) is 5.02 Å². The van der Waals surface area contributed by atoms with E-state index < -0.39 is 0 Å². The van der Waals surface area contributed by atoms with Gasteiger partial charge in [-0.2, -0.15) is 0 Å². The molecular weight excluding hydrogens is 394 g/mol. The molecule has 126 valence electrons. The molecule has 0 aromatic heterocycles. The van der Waals surface area contributed by atoms with Crippen LogP contribution in [-0.4, -0.2) is 19.1 Å². The van der Waals surface area contributed by atoms with Gasteiger partial charge in [0, 0.05) is 21.5 Å². The molecule has 24 heavy (non-hydrogen) atoms. The van der Waals surface area contributed by atoms with Gasteiger partial charge in [0.1, 0.15) is 11.5 Å². The number of benzene rings is 2. The summed E-state index contributed by atoms with van der Waals surface area (Å²) in [7, 11) is 0. The maximum absolute atomic E-state index is 12.2. The van der Waals surface area contributed by atoms with E-state index in [-0.39, 0.29) is 11.9 Å². The number of fused-ring (bicyclic) bond motifs is 1. The molecule has 1 unspecified atom stereocenters. The summed E-state index contributed by atoms with van der Waals surface area (Å²) >= 11 is 9.28. The molecule has 0 spiro atoms. The summed E-state index contributed by atoms with van der Waals surface area (Å²) in [5, 5.41) is 3.71. The minimum absolute atomic E-state index is 0.0331. The highest BCUT2D eigenvalue weighted by Gasteiger charge is 2.23. The van der Waals surface area contributed by atoms with Crippen LogP contribution in [-0.2, 0) is 4.79 Å². The molecule has 0 radical (unpaired) electrons. The first-order valence-corrected chi connectivity index (χ1v) is 8.89. The van der Waals surface area contributed by atoms with E-state index in [1.807, 2.05) is 18.2 Å². The van der Waals surface area contributed by atoms with Gasteiger partial charge in [0.2, 0.25) is 5.91 Å². The molecular formula is C18H17BrClNO3. The normalized spacial score (nSPS) is 16.0. The number of amides is 1. The van der Waals surface area contributed by atoms with Crippen molar-refractivity contribution in [2.45, 2.75) is 18.9 Å². The standard InChI is InChI=1S/C18H17BrClNO3/c19-12-1-6-17-15(11-12)16(7-9-24-17)21-18(22)8-10-23-14-4-2-13(20)3-5-14/h1-6,11,16H,7-10H2,(H,21,22). The lowest BCUT2D eigenvalue weighted by Crippen LogP contribution is -2.32. The number of carbonyl (C=O) groups is 1. The minimum atomic E-state index is -0.0400. The third-order valence-electron chi connectivity index (χ3n) is 3.76. The van der Waals surface area contributed by atoms with Crippen LogP contribution < -0.4 is 14.8 Å². The Kier molecular flexibility index (Phi) is 5.63. The van der Waals surface area contributed by atoms with Crippen LogP contribution >= 0.6 is 27.5 Å². The van der Waals surface area contributed by atoms with Crippen LogP contribution in [0, 0.1) is 0 Å². The van der Waals surface area contributed by atoms with Crippen LogP contribution in [0.1, 0.15) is 24.4 Å². The second kappa shape index (κ2) is 7.90. The lowest BCUT2D eigenvalue weighted by atomic mass is 10.0. The molecule has 2 aromatic carbocycles. The van der Waals surface area contributed by atoms with E-state index in [2.05, 4.69) is 21.2 Å². The van der Waals surface area contributed by atoms with Crippen LogP contribution in [0.3, 0.4) is 0 Å². The van der Waals surface area contributed by atoms with Gasteiger partial charge in [0.15, 0.2) is 0 Å². The van der Waals surface area contributed by atoms with Crippen molar-refractivity contribution in [3.8, 4) is 11.5 Å². The second-order valence-electron chi connectivity index (χ2n) is 5.49. The first-order chi connectivity index (χ1) is 11.6. The Morgan fingerprint density at radius 2 is 2.08 bits per heavy atom. The van der Waals surface area contributed by atoms with E-state index in [4.69, 9.17) is 21.1 Å². The summed E-state index contributed by atoms with van der Waals surface area (Å²) in [6.45, 7) is 0.920. The lowest BCUT2D eigenvalue weighted by Gasteiger charge is -2.27. The average Bonchev–Trinajstić information content (AvgIpc) is 2.57. The maximum Gasteiger partial charge on any atom is 0.223 e. The predicted molar refractivity (Wildman–Crippen MR) is 96.7 cm³/mol. The molecule has 0 aliphatic carbocycles. The van der Waals surface area contributed by atoms with Crippen molar-refractivity contribution in [1.82, 2.24) is 5.32 Å². The zero-order chi connectivity index (χ0) is 16.9. The van der Waals surface area contributed by atoms with Gasteiger partial charge in [0.25, 0.3) is 0 Å². The molecule has 1 N–H and O–H groups in total. The molecule has 2 aromatic rings. The molecule has 1 atom stereocenters. The van der Waals surface area contributed by atoms with Crippen LogP contribution in [0.15, 0.2) is 46.9 Å². The molecule has 0 saturated heterocycles. The summed E-state index contributed by atoms with van der Waals surface area (Å²) in [6.07, 6.45) is 1.05. The van der Waals surface area contributed by atoms with E-state index in [9.17, 15) is 4.79 Å². The molecule has 0 bridgehead atoms. The molecule has 1 aliphatic heterocycles. The zero-order valence-electron chi connectivity index (χ0n) is 12.9. The van der Waals surface area contributed by atoms with Gasteiger partial charge in [-0.15, -0.1) is 0 Å². The monoisotopic (exact) mass is 409 g/mol. The number of nitrogens with one attached hydrogen (secondary N) is 1. The van der Waals surface area contributed by atoms with E-state index >= 15 is 0 Å². The van der Waals surface area contributed by atoms with Gasteiger partial charge in [0.05, 0.1) is 25.7 Å². The number of ether oxygens (including phenoxy) is 2. The average molecular weight is 411 g/mol. The number of carbonyl (C=O) groups excluding carboxylic acids is 1. The Bertz CT molecular complexity index is 721. The lowest BCUT2D eigenvalue weighted by molar-refractivity contribution is -0.122. The topological polar surface area (TPSA) is 47.6 Å². The first kappa shape index (κ1) is 17.1. The van der Waals surface area contributed by atoms with Crippen molar-refractivity contribution in [3.63, 3.8) is 0 Å². The molecule has 1 aliphatic rings. The largest absolute Gasteiger partial charge is 0.493 e. The summed E-state index contributed by atoms with van der Waals surface area (Å²) in [5.41, 5.74) is 1.00. The number of halogens is 2. The van der Waals surface area contributed by atoms with Gasteiger partial charge in [-0.1, -0.05) is 27.5 Å². The molecule has 0 saturated carbocycles. The van der Waals surface area contributed by atoms with Gasteiger partial charge >= 0.3 is 0 Å². The highest BCUT2D eigenvalue weighted by Crippen LogP contribution is 2.34. The molecule has 1 heterocycles. The van der Waals surface area contributed by atoms with E-state index in [0.29, 0.717) is 30.4 Å². The van der Waals surface area contributed by atoms with Crippen LogP contribution in [0.5, 0.6) is 11.5 Å². The molecule has 6 heteroatoms. The fourth-order valence-corrected chi connectivity index (χ4v) is 3.08. The van der Waals surface area contributed by atoms with Crippen molar-refractivity contribution in [2.75, 3.05) is 13.2 Å². The van der Waals surface area contributed by atoms with E-state index in [0.717, 1.165) is 22.2 Å². The Morgan fingerprint density at radius 3 is 2.88 bits per heavy atom. The highest BCUT2D eigenvalue weighted by molar-refractivity contribution is 9.10. The fourth-order valence-electron chi connectivity index (χ4n) is 2.57. The highest BCUT2D eigenvalue weighted by atomic mass is 79.9. The molecule has 3 rings (SSSR count). The Balaban J connectivity index is 1.52. The Morgan fingerprint density at radius 1 is 1.29 bits per heavy atom. The third-order valence-corrected chi connectivity index (χ3v) is 4.50. The van der Waals surface area contributed by atoms with Crippen molar-refractivity contribution < 1.29 is 14.3 Å². The minimum Gasteiger partial charge on any atom is -0.493 e. The summed E-state index contributed by atoms with van der Waals surface area (Å²) in [4.78, 5) is 12.2. The van der Waals surface area contributed by atoms with E-state index in [1.165, 1.54) is 0 Å². The Labute approximate surface area is 154 Å². The van der Waals surface area contributed by atoms with Crippen molar-refractivity contribution in [3.05, 3.63) is 57.5 Å². The van der Waals surface area contributed by atoms with Crippen molar-refractivity contribution in [2.24, 2.45) is 0 Å². The number of hydrogen-bond acceptors (Lipinski definition) is 3. The first-order valence-electron chi connectivity index (χ1n) is 7.72. The number of rotatable bonds is 5. The van der Waals surface area contributed by atoms with Gasteiger partial charge in [-0.05, 0) is 42.5 Å². The summed E-state index contributed by atoms with van der Waals surface area (Å²) < 4.78 is 12.2. The fraction of sp³-hybridized carbons (Fsp3) is 0.278. The van der Waals surface area contributed by atoms with Gasteiger partial charge < -0.3 is 14.8 Å². The molecule has 0 fully saturated rings. The smallest absolute Gasteiger partial charge is 0.223 e. The quantitative estimate of drug-likeness (QED) is 0.789. The maximum atomic E-state index is 12.2.